The number of benzene rings is 2. The van der Waals surface area contributed by atoms with Crippen molar-refractivity contribution in [1.82, 2.24) is 19.0 Å². The highest BCUT2D eigenvalue weighted by Gasteiger charge is 2.33. The Balaban J connectivity index is 1.38. The van der Waals surface area contributed by atoms with Gasteiger partial charge in [0, 0.05) is 49.5 Å². The van der Waals surface area contributed by atoms with Crippen molar-refractivity contribution in [3.63, 3.8) is 0 Å². The summed E-state index contributed by atoms with van der Waals surface area (Å²) in [5.41, 5.74) is 7.03. The number of hydrogen-bond donors (Lipinski definition) is 0. The van der Waals surface area contributed by atoms with E-state index >= 15 is 0 Å². The molecule has 1 fully saturated rings. The lowest BCUT2D eigenvalue weighted by Gasteiger charge is -2.20. The van der Waals surface area contributed by atoms with Crippen molar-refractivity contribution in [1.29, 1.82) is 0 Å². The molecule has 0 radical (unpaired) electrons. The third kappa shape index (κ3) is 3.63. The van der Waals surface area contributed by atoms with E-state index in [9.17, 15) is 4.79 Å². The normalized spacial score (nSPS) is 16.6. The van der Waals surface area contributed by atoms with Gasteiger partial charge in [-0.2, -0.15) is 0 Å². The molecule has 35 heavy (non-hydrogen) atoms. The molecule has 0 spiro atoms. The highest BCUT2D eigenvalue weighted by atomic mass is 16.2. The monoisotopic (exact) mass is 462 g/mol. The van der Waals surface area contributed by atoms with Crippen LogP contribution in [0.25, 0.3) is 33.2 Å². The maximum atomic E-state index is 13.1. The highest BCUT2D eigenvalue weighted by molar-refractivity contribution is 5.97. The van der Waals surface area contributed by atoms with Gasteiger partial charge < -0.3 is 14.4 Å². The third-order valence-corrected chi connectivity index (χ3v) is 6.97. The molecule has 4 aromatic rings. The first-order chi connectivity index (χ1) is 17.0. The lowest BCUT2D eigenvalue weighted by molar-refractivity contribution is -0.120. The number of rotatable bonds is 4. The van der Waals surface area contributed by atoms with Gasteiger partial charge in [-0.1, -0.05) is 24.3 Å². The van der Waals surface area contributed by atoms with Crippen molar-refractivity contribution < 1.29 is 4.79 Å². The van der Waals surface area contributed by atoms with Gasteiger partial charge in [-0.05, 0) is 55.9 Å². The number of aromatic nitrogens is 3. The Hall–Kier alpha value is -4.15. The van der Waals surface area contributed by atoms with Gasteiger partial charge in [0.1, 0.15) is 0 Å². The molecule has 1 amide bonds. The van der Waals surface area contributed by atoms with E-state index in [1.165, 1.54) is 0 Å². The zero-order chi connectivity index (χ0) is 24.1. The predicted molar refractivity (Wildman–Crippen MR) is 137 cm³/mol. The van der Waals surface area contributed by atoms with Crippen LogP contribution in [-0.4, -0.2) is 52.1 Å². The molecule has 7 nitrogen and oxygen atoms in total. The summed E-state index contributed by atoms with van der Waals surface area (Å²) in [6.07, 6.45) is 6.86. The molecule has 2 aliphatic heterocycles. The van der Waals surface area contributed by atoms with E-state index in [4.69, 9.17) is 6.57 Å². The van der Waals surface area contributed by atoms with Crippen LogP contribution in [0.5, 0.6) is 0 Å². The fraction of sp³-hybridized carbons (Fsp3) is 0.250. The Bertz CT molecular complexity index is 1470. The summed E-state index contributed by atoms with van der Waals surface area (Å²) in [4.78, 5) is 25.3. The van der Waals surface area contributed by atoms with Crippen molar-refractivity contribution in [3.05, 3.63) is 84.1 Å². The van der Waals surface area contributed by atoms with E-state index in [0.717, 1.165) is 59.1 Å². The second-order valence-corrected chi connectivity index (χ2v) is 9.57. The topological polar surface area (TPSA) is 50.7 Å². The molecule has 0 unspecified atom stereocenters. The molecule has 2 aromatic heterocycles. The van der Waals surface area contributed by atoms with Crippen molar-refractivity contribution >= 4 is 17.3 Å². The predicted octanol–water partition coefficient (Wildman–Crippen LogP) is 4.83. The minimum absolute atomic E-state index is 0.0527. The van der Waals surface area contributed by atoms with Crippen molar-refractivity contribution in [2.24, 2.45) is 5.92 Å². The summed E-state index contributed by atoms with van der Waals surface area (Å²) in [5.74, 6) is 1.16. The van der Waals surface area contributed by atoms with Gasteiger partial charge in [0.05, 0.1) is 23.9 Å². The smallest absolute Gasteiger partial charge is 0.231 e. The molecule has 0 saturated carbocycles. The van der Waals surface area contributed by atoms with Crippen molar-refractivity contribution in [3.8, 4) is 28.3 Å². The molecular formula is C28H26N6O. The Labute approximate surface area is 204 Å². The van der Waals surface area contributed by atoms with Gasteiger partial charge >= 0.3 is 0 Å². The second-order valence-electron chi connectivity index (χ2n) is 9.57. The maximum absolute atomic E-state index is 13.1. The van der Waals surface area contributed by atoms with E-state index in [0.29, 0.717) is 12.2 Å². The van der Waals surface area contributed by atoms with Crippen molar-refractivity contribution in [2.75, 3.05) is 32.1 Å². The average molecular weight is 463 g/mol. The number of imidazole rings is 1. The molecule has 1 saturated heterocycles. The van der Waals surface area contributed by atoms with Gasteiger partial charge in [-0.25, -0.2) is 9.83 Å². The average Bonchev–Trinajstić information content (AvgIpc) is 3.57. The molecule has 7 heteroatoms. The summed E-state index contributed by atoms with van der Waals surface area (Å²) in [6, 6.07) is 16.2. The largest absolute Gasteiger partial charge is 0.340 e. The standard InChI is InChI=1S/C28H26N6O/c1-29-23-6-4-19(5-7-23)21-15-26-27-30-11-13-34(27)25-9-8-24(14-22(25)18-32(26)17-21)33-12-10-20(28(33)35)16-31(2)3/h4-9,11,13-15,17,20H,10,12,16,18H2,2-3H3/t20-/m0/s1. The fourth-order valence-corrected chi connectivity index (χ4v) is 5.29. The third-order valence-electron chi connectivity index (χ3n) is 6.97. The first-order valence-corrected chi connectivity index (χ1v) is 11.8. The Morgan fingerprint density at radius 2 is 1.94 bits per heavy atom. The molecular weight excluding hydrogens is 436 g/mol. The van der Waals surface area contributed by atoms with E-state index in [2.05, 4.69) is 54.3 Å². The van der Waals surface area contributed by atoms with E-state index in [-0.39, 0.29) is 11.8 Å². The molecule has 1 atom stereocenters. The van der Waals surface area contributed by atoms with Crippen LogP contribution in [0.3, 0.4) is 0 Å². The number of nitrogens with zero attached hydrogens (tertiary/aromatic N) is 6. The quantitative estimate of drug-likeness (QED) is 0.359. The lowest BCUT2D eigenvalue weighted by atomic mass is 10.1. The number of amides is 1. The molecule has 0 N–H and O–H groups in total. The summed E-state index contributed by atoms with van der Waals surface area (Å²) in [5, 5.41) is 0. The van der Waals surface area contributed by atoms with Crippen LogP contribution < -0.4 is 4.90 Å². The van der Waals surface area contributed by atoms with Crippen LogP contribution in [0.2, 0.25) is 0 Å². The van der Waals surface area contributed by atoms with Crippen LogP contribution in [-0.2, 0) is 11.3 Å². The number of fused-ring (bicyclic) bond motifs is 5. The Morgan fingerprint density at radius 3 is 2.71 bits per heavy atom. The van der Waals surface area contributed by atoms with Crippen LogP contribution in [0.1, 0.15) is 12.0 Å². The molecule has 2 aliphatic rings. The minimum atomic E-state index is 0.0527. The van der Waals surface area contributed by atoms with Gasteiger partial charge in [-0.3, -0.25) is 9.36 Å². The molecule has 174 valence electrons. The summed E-state index contributed by atoms with van der Waals surface area (Å²) >= 11 is 0. The second kappa shape index (κ2) is 8.26. The van der Waals surface area contributed by atoms with E-state index in [1.54, 1.807) is 0 Å². The summed E-state index contributed by atoms with van der Waals surface area (Å²) < 4.78 is 4.36. The van der Waals surface area contributed by atoms with Crippen molar-refractivity contribution in [2.45, 2.75) is 13.0 Å². The molecule has 0 aliphatic carbocycles. The molecule has 0 bridgehead atoms. The number of hydrogen-bond acceptors (Lipinski definition) is 3. The zero-order valence-corrected chi connectivity index (χ0v) is 19.8. The first kappa shape index (κ1) is 21.4. The first-order valence-electron chi connectivity index (χ1n) is 11.8. The minimum Gasteiger partial charge on any atom is -0.340 e. The van der Waals surface area contributed by atoms with Gasteiger partial charge in [0.15, 0.2) is 11.5 Å². The van der Waals surface area contributed by atoms with E-state index in [1.807, 2.05) is 55.7 Å². The molecule has 4 heterocycles. The van der Waals surface area contributed by atoms with Gasteiger partial charge in [0.25, 0.3) is 0 Å². The van der Waals surface area contributed by atoms with Crippen LogP contribution in [0, 0.1) is 12.5 Å². The number of anilines is 1. The highest BCUT2D eigenvalue weighted by Crippen LogP contribution is 2.36. The molecule has 2 aromatic carbocycles. The summed E-state index contributed by atoms with van der Waals surface area (Å²) in [7, 11) is 4.03. The Kier molecular flexibility index (Phi) is 5.05. The molecule has 6 rings (SSSR count). The van der Waals surface area contributed by atoms with E-state index < -0.39 is 0 Å². The zero-order valence-electron chi connectivity index (χ0n) is 19.8. The van der Waals surface area contributed by atoms with Crippen LogP contribution in [0.4, 0.5) is 11.4 Å². The number of carbonyl (C=O) groups excluding carboxylic acids is 1. The van der Waals surface area contributed by atoms with Crippen LogP contribution >= 0.6 is 0 Å². The fourth-order valence-electron chi connectivity index (χ4n) is 5.29. The Morgan fingerprint density at radius 1 is 1.11 bits per heavy atom. The van der Waals surface area contributed by atoms with Gasteiger partial charge in [-0.15, -0.1) is 0 Å². The SMILES string of the molecule is [C-]#[N+]c1ccc(-c2cc3n(c2)Cc2cc(N4CC[C@@H](CN(C)C)C4=O)ccc2-n2ccnc2-3)cc1. The number of carbonyl (C=O) groups is 1. The van der Waals surface area contributed by atoms with Crippen LogP contribution in [0.15, 0.2) is 67.1 Å². The lowest BCUT2D eigenvalue weighted by Crippen LogP contribution is -2.31. The van der Waals surface area contributed by atoms with Gasteiger partial charge in [0.2, 0.25) is 5.91 Å². The summed E-state index contributed by atoms with van der Waals surface area (Å²) in [6.45, 7) is 9.42. The maximum Gasteiger partial charge on any atom is 0.231 e.